The number of nitrogens with zero attached hydrogens (tertiary/aromatic N) is 1. The summed E-state index contributed by atoms with van der Waals surface area (Å²) in [5.41, 5.74) is 0.891. The van der Waals surface area contributed by atoms with Crippen LogP contribution in [0.25, 0.3) is 11.0 Å². The van der Waals surface area contributed by atoms with Crippen molar-refractivity contribution < 1.29 is 29.7 Å². The number of aromatic nitrogens is 2. The Kier molecular flexibility index (Phi) is 4.81. The molecule has 0 aliphatic heterocycles. The number of aromatic amines is 1. The molecule has 8 nitrogen and oxygen atoms in total. The Morgan fingerprint density at radius 3 is 2.39 bits per heavy atom. The van der Waals surface area contributed by atoms with Crippen LogP contribution < -0.4 is 0 Å². The summed E-state index contributed by atoms with van der Waals surface area (Å²) in [6.45, 7) is 0. The predicted octanol–water partition coefficient (Wildman–Crippen LogP) is 2.08. The number of carboxylic acids is 3. The van der Waals surface area contributed by atoms with E-state index in [9.17, 15) is 24.6 Å². The number of rotatable bonds is 7. The first kappa shape index (κ1) is 17.1. The van der Waals surface area contributed by atoms with Crippen molar-refractivity contribution in [3.63, 3.8) is 0 Å². The summed E-state index contributed by atoms with van der Waals surface area (Å²) in [5.74, 6) is -4.59. The molecule has 23 heavy (non-hydrogen) atoms. The van der Waals surface area contributed by atoms with Crippen LogP contribution in [0.2, 0.25) is 5.02 Å². The molecule has 10 heteroatoms. The molecule has 0 radical (unpaired) electrons. The zero-order chi connectivity index (χ0) is 17.2. The SMILES string of the molecule is O=C(O)CCC(Sc1nc2c(Cl)cccc2[nH]1)(C(=O)O)C(=O)O. The summed E-state index contributed by atoms with van der Waals surface area (Å²) in [7, 11) is 0. The molecule has 0 fully saturated rings. The van der Waals surface area contributed by atoms with E-state index < -0.39 is 35.5 Å². The van der Waals surface area contributed by atoms with Gasteiger partial charge in [0.1, 0.15) is 5.52 Å². The second-order valence-corrected chi connectivity index (χ2v) is 6.31. The largest absolute Gasteiger partial charge is 0.481 e. The molecular weight excluding hydrogens is 348 g/mol. The molecule has 0 atom stereocenters. The molecule has 2 aromatic rings. The van der Waals surface area contributed by atoms with Crippen LogP contribution >= 0.6 is 23.4 Å². The zero-order valence-corrected chi connectivity index (χ0v) is 13.0. The molecule has 2 rings (SSSR count). The average molecular weight is 359 g/mol. The van der Waals surface area contributed by atoms with E-state index in [0.29, 0.717) is 27.8 Å². The number of carboxylic acid groups (broad SMARTS) is 3. The number of H-pyrrole nitrogens is 1. The van der Waals surface area contributed by atoms with Gasteiger partial charge in [-0.3, -0.25) is 14.4 Å². The van der Waals surface area contributed by atoms with E-state index in [1.807, 2.05) is 0 Å². The van der Waals surface area contributed by atoms with E-state index in [0.717, 1.165) is 0 Å². The fourth-order valence-electron chi connectivity index (χ4n) is 1.91. The van der Waals surface area contributed by atoms with Gasteiger partial charge in [0.05, 0.1) is 10.5 Å². The van der Waals surface area contributed by atoms with Gasteiger partial charge in [-0.1, -0.05) is 29.4 Å². The summed E-state index contributed by atoms with van der Waals surface area (Å²) in [4.78, 5) is 40.6. The standard InChI is InChI=1S/C13H11ClN2O6S/c14-6-2-1-3-7-9(6)16-12(15-7)23-13(10(19)20,11(21)22)5-4-8(17)18/h1-3H,4-5H2,(H,15,16)(H,17,18)(H,19,20)(H,21,22). The second-order valence-electron chi connectivity index (χ2n) is 4.61. The molecule has 0 aliphatic rings. The first-order valence-electron chi connectivity index (χ1n) is 6.28. The topological polar surface area (TPSA) is 141 Å². The summed E-state index contributed by atoms with van der Waals surface area (Å²) >= 11 is 6.41. The van der Waals surface area contributed by atoms with Gasteiger partial charge >= 0.3 is 17.9 Å². The maximum atomic E-state index is 11.5. The number of fused-ring (bicyclic) bond motifs is 1. The van der Waals surface area contributed by atoms with Gasteiger partial charge in [-0.05, 0) is 18.6 Å². The molecule has 122 valence electrons. The molecule has 0 amide bonds. The van der Waals surface area contributed by atoms with Crippen LogP contribution in [0.3, 0.4) is 0 Å². The normalized spacial score (nSPS) is 11.5. The van der Waals surface area contributed by atoms with Crippen molar-refractivity contribution in [3.05, 3.63) is 23.2 Å². The first-order valence-corrected chi connectivity index (χ1v) is 7.47. The third-order valence-electron chi connectivity index (χ3n) is 3.09. The maximum absolute atomic E-state index is 11.5. The fraction of sp³-hybridized carbons (Fsp3) is 0.231. The minimum Gasteiger partial charge on any atom is -0.481 e. The number of hydrogen-bond acceptors (Lipinski definition) is 5. The molecule has 1 heterocycles. The maximum Gasteiger partial charge on any atom is 0.331 e. The molecule has 0 saturated heterocycles. The highest BCUT2D eigenvalue weighted by Gasteiger charge is 2.49. The van der Waals surface area contributed by atoms with E-state index in [1.54, 1.807) is 18.2 Å². The molecule has 1 aromatic heterocycles. The van der Waals surface area contributed by atoms with E-state index in [-0.39, 0.29) is 5.16 Å². The first-order chi connectivity index (χ1) is 10.8. The third-order valence-corrected chi connectivity index (χ3v) is 4.69. The number of hydrogen-bond donors (Lipinski definition) is 4. The van der Waals surface area contributed by atoms with Gasteiger partial charge in [0, 0.05) is 6.42 Å². The average Bonchev–Trinajstić information content (AvgIpc) is 2.86. The van der Waals surface area contributed by atoms with E-state index in [1.165, 1.54) is 0 Å². The highest BCUT2D eigenvalue weighted by molar-refractivity contribution is 8.02. The molecule has 0 spiro atoms. The lowest BCUT2D eigenvalue weighted by molar-refractivity contribution is -0.152. The number of imidazole rings is 1. The Labute approximate surface area is 138 Å². The number of benzene rings is 1. The summed E-state index contributed by atoms with van der Waals surface area (Å²) in [5, 5.41) is 27.7. The second kappa shape index (κ2) is 6.47. The molecule has 1 aromatic carbocycles. The van der Waals surface area contributed by atoms with Crippen molar-refractivity contribution in [1.82, 2.24) is 9.97 Å². The van der Waals surface area contributed by atoms with Crippen LogP contribution in [-0.4, -0.2) is 47.9 Å². The smallest absolute Gasteiger partial charge is 0.331 e. The number of aliphatic carboxylic acids is 3. The molecule has 0 saturated carbocycles. The monoisotopic (exact) mass is 358 g/mol. The van der Waals surface area contributed by atoms with Crippen LogP contribution in [-0.2, 0) is 14.4 Å². The number of para-hydroxylation sites is 1. The number of nitrogens with one attached hydrogen (secondary N) is 1. The molecular formula is C13H11ClN2O6S. The van der Waals surface area contributed by atoms with Crippen molar-refractivity contribution >= 4 is 52.3 Å². The van der Waals surface area contributed by atoms with E-state index in [4.69, 9.17) is 16.7 Å². The van der Waals surface area contributed by atoms with Crippen LogP contribution in [0, 0.1) is 0 Å². The highest BCUT2D eigenvalue weighted by atomic mass is 35.5. The third kappa shape index (κ3) is 3.40. The number of halogens is 1. The fourth-order valence-corrected chi connectivity index (χ4v) is 3.14. The van der Waals surface area contributed by atoms with Crippen LogP contribution in [0.4, 0.5) is 0 Å². The van der Waals surface area contributed by atoms with Crippen LogP contribution in [0.1, 0.15) is 12.8 Å². The van der Waals surface area contributed by atoms with Crippen LogP contribution in [0.5, 0.6) is 0 Å². The van der Waals surface area contributed by atoms with Gasteiger partial charge in [0.2, 0.25) is 4.75 Å². The lowest BCUT2D eigenvalue weighted by Gasteiger charge is -2.22. The molecule has 0 aliphatic carbocycles. The summed E-state index contributed by atoms with van der Waals surface area (Å²) in [6.07, 6.45) is -1.20. The number of carbonyl (C=O) groups is 3. The Hall–Kier alpha value is -2.26. The van der Waals surface area contributed by atoms with Gasteiger partial charge in [0.25, 0.3) is 0 Å². The Morgan fingerprint density at radius 2 is 1.87 bits per heavy atom. The van der Waals surface area contributed by atoms with E-state index in [2.05, 4.69) is 9.97 Å². The van der Waals surface area contributed by atoms with Crippen LogP contribution in [0.15, 0.2) is 23.4 Å². The molecule has 0 unspecified atom stereocenters. The van der Waals surface area contributed by atoms with Gasteiger partial charge < -0.3 is 20.3 Å². The van der Waals surface area contributed by atoms with Crippen molar-refractivity contribution in [2.45, 2.75) is 22.7 Å². The summed E-state index contributed by atoms with van der Waals surface area (Å²) < 4.78 is -2.36. The minimum atomic E-state index is -2.36. The van der Waals surface area contributed by atoms with Crippen molar-refractivity contribution in [3.8, 4) is 0 Å². The predicted molar refractivity (Wildman–Crippen MR) is 81.8 cm³/mol. The Bertz CT molecular complexity index is 776. The minimum absolute atomic E-state index is 0.0308. The highest BCUT2D eigenvalue weighted by Crippen LogP contribution is 2.37. The van der Waals surface area contributed by atoms with E-state index >= 15 is 0 Å². The number of thioether (sulfide) groups is 1. The van der Waals surface area contributed by atoms with Gasteiger partial charge in [0.15, 0.2) is 5.16 Å². The van der Waals surface area contributed by atoms with Crippen molar-refractivity contribution in [2.24, 2.45) is 0 Å². The summed E-state index contributed by atoms with van der Waals surface area (Å²) in [6, 6.07) is 4.90. The lowest BCUT2D eigenvalue weighted by Crippen LogP contribution is -2.44. The van der Waals surface area contributed by atoms with Gasteiger partial charge in [-0.25, -0.2) is 4.98 Å². The molecule has 4 N–H and O–H groups in total. The van der Waals surface area contributed by atoms with Crippen molar-refractivity contribution in [2.75, 3.05) is 0 Å². The quantitative estimate of drug-likeness (QED) is 0.435. The lowest BCUT2D eigenvalue weighted by atomic mass is 10.0. The molecule has 0 bridgehead atoms. The zero-order valence-electron chi connectivity index (χ0n) is 11.4. The van der Waals surface area contributed by atoms with Gasteiger partial charge in [-0.2, -0.15) is 0 Å². The van der Waals surface area contributed by atoms with Crippen molar-refractivity contribution in [1.29, 1.82) is 0 Å². The van der Waals surface area contributed by atoms with Gasteiger partial charge in [-0.15, -0.1) is 0 Å². The Morgan fingerprint density at radius 1 is 1.22 bits per heavy atom. The Balaban J connectivity index is 2.42.